The summed E-state index contributed by atoms with van der Waals surface area (Å²) < 4.78 is 19.2. The maximum Gasteiger partial charge on any atom is 0.266 e. The first-order valence-electron chi connectivity index (χ1n) is 7.15. The van der Waals surface area contributed by atoms with Gasteiger partial charge in [-0.15, -0.1) is 0 Å². The van der Waals surface area contributed by atoms with Crippen LogP contribution in [0.4, 0.5) is 10.1 Å². The molecule has 2 aromatic rings. The Bertz CT molecular complexity index is 808. The summed E-state index contributed by atoms with van der Waals surface area (Å²) in [6.45, 7) is 2.25. The molecule has 1 N–H and O–H groups in total. The molecule has 2 aromatic carbocycles. The second-order valence-corrected chi connectivity index (χ2v) is 5.10. The fraction of sp³-hybridized carbons (Fsp3) is 0.111. The summed E-state index contributed by atoms with van der Waals surface area (Å²) in [6.07, 6.45) is 1.12. The molecule has 0 spiro atoms. The highest BCUT2D eigenvalue weighted by Gasteiger charge is 2.14. The van der Waals surface area contributed by atoms with Gasteiger partial charge in [0.05, 0.1) is 17.3 Å². The summed E-state index contributed by atoms with van der Waals surface area (Å²) in [6, 6.07) is 12.7. The Morgan fingerprint density at radius 2 is 2.08 bits per heavy atom. The SMILES string of the molecule is CCOc1ccccc1NC(=O)/C(C#N)=C/c1c(F)cccc1Cl. The van der Waals surface area contributed by atoms with Gasteiger partial charge in [-0.25, -0.2) is 4.39 Å². The Kier molecular flexibility index (Phi) is 5.94. The third kappa shape index (κ3) is 4.12. The molecule has 0 bridgehead atoms. The van der Waals surface area contributed by atoms with Gasteiger partial charge >= 0.3 is 0 Å². The molecule has 0 saturated carbocycles. The highest BCUT2D eigenvalue weighted by atomic mass is 35.5. The second-order valence-electron chi connectivity index (χ2n) is 4.69. The van der Waals surface area contributed by atoms with E-state index in [0.717, 1.165) is 6.08 Å². The summed E-state index contributed by atoms with van der Waals surface area (Å²) in [7, 11) is 0. The average molecular weight is 345 g/mol. The molecule has 0 aliphatic carbocycles. The molecule has 0 aliphatic rings. The normalized spacial score (nSPS) is 10.8. The Balaban J connectivity index is 2.31. The van der Waals surface area contributed by atoms with E-state index in [2.05, 4.69) is 5.32 Å². The lowest BCUT2D eigenvalue weighted by Crippen LogP contribution is -2.14. The molecule has 0 fully saturated rings. The van der Waals surface area contributed by atoms with Crippen LogP contribution >= 0.6 is 11.6 Å². The number of nitriles is 1. The molecule has 1 amide bonds. The minimum Gasteiger partial charge on any atom is -0.492 e. The fourth-order valence-corrected chi connectivity index (χ4v) is 2.20. The predicted octanol–water partition coefficient (Wildman–Crippen LogP) is 4.42. The fourth-order valence-electron chi connectivity index (χ4n) is 1.98. The van der Waals surface area contributed by atoms with E-state index < -0.39 is 11.7 Å². The van der Waals surface area contributed by atoms with Gasteiger partial charge in [0, 0.05) is 5.56 Å². The number of nitrogens with one attached hydrogen (secondary N) is 1. The summed E-state index contributed by atoms with van der Waals surface area (Å²) in [5.74, 6) is -0.809. The number of amides is 1. The van der Waals surface area contributed by atoms with Crippen molar-refractivity contribution >= 4 is 29.3 Å². The lowest BCUT2D eigenvalue weighted by Gasteiger charge is -2.11. The van der Waals surface area contributed by atoms with E-state index in [1.165, 1.54) is 18.2 Å². The van der Waals surface area contributed by atoms with Crippen molar-refractivity contribution in [3.05, 3.63) is 64.4 Å². The van der Waals surface area contributed by atoms with Crippen LogP contribution in [0.5, 0.6) is 5.75 Å². The third-order valence-electron chi connectivity index (χ3n) is 3.09. The quantitative estimate of drug-likeness (QED) is 0.645. The molecule has 0 aliphatic heterocycles. The van der Waals surface area contributed by atoms with Crippen LogP contribution in [0.2, 0.25) is 5.02 Å². The second kappa shape index (κ2) is 8.14. The number of hydrogen-bond acceptors (Lipinski definition) is 3. The number of rotatable bonds is 5. The first-order chi connectivity index (χ1) is 11.6. The molecule has 0 aromatic heterocycles. The van der Waals surface area contributed by atoms with E-state index in [1.807, 2.05) is 6.92 Å². The van der Waals surface area contributed by atoms with Crippen LogP contribution in [0, 0.1) is 17.1 Å². The van der Waals surface area contributed by atoms with E-state index in [9.17, 15) is 14.4 Å². The Labute approximate surface area is 144 Å². The number of ether oxygens (including phenoxy) is 1. The minimum absolute atomic E-state index is 0.0102. The van der Waals surface area contributed by atoms with Crippen LogP contribution in [0.1, 0.15) is 12.5 Å². The van der Waals surface area contributed by atoms with Crippen molar-refractivity contribution in [3.63, 3.8) is 0 Å². The van der Waals surface area contributed by atoms with Crippen molar-refractivity contribution in [1.82, 2.24) is 0 Å². The van der Waals surface area contributed by atoms with Gasteiger partial charge in [-0.2, -0.15) is 5.26 Å². The van der Waals surface area contributed by atoms with Crippen LogP contribution < -0.4 is 10.1 Å². The van der Waals surface area contributed by atoms with Gasteiger partial charge in [0.15, 0.2) is 0 Å². The highest BCUT2D eigenvalue weighted by Crippen LogP contribution is 2.25. The number of carbonyl (C=O) groups is 1. The summed E-state index contributed by atoms with van der Waals surface area (Å²) in [5.41, 5.74) is 0.141. The van der Waals surface area contributed by atoms with Gasteiger partial charge in [0.25, 0.3) is 5.91 Å². The van der Waals surface area contributed by atoms with Crippen molar-refractivity contribution in [3.8, 4) is 11.8 Å². The molecule has 0 saturated heterocycles. The zero-order valence-electron chi connectivity index (χ0n) is 12.8. The maximum atomic E-state index is 13.8. The smallest absolute Gasteiger partial charge is 0.266 e. The predicted molar refractivity (Wildman–Crippen MR) is 91.2 cm³/mol. The molecule has 122 valence electrons. The van der Waals surface area contributed by atoms with Crippen LogP contribution in [0.15, 0.2) is 48.0 Å². The van der Waals surface area contributed by atoms with Gasteiger partial charge in [-0.1, -0.05) is 29.8 Å². The lowest BCUT2D eigenvalue weighted by atomic mass is 10.1. The molecule has 24 heavy (non-hydrogen) atoms. The number of benzene rings is 2. The van der Waals surface area contributed by atoms with E-state index >= 15 is 0 Å². The summed E-state index contributed by atoms with van der Waals surface area (Å²) >= 11 is 5.92. The van der Waals surface area contributed by atoms with E-state index in [-0.39, 0.29) is 16.2 Å². The first kappa shape index (κ1) is 17.5. The standard InChI is InChI=1S/C18H14ClFN2O2/c1-2-24-17-9-4-3-8-16(17)22-18(23)12(11-21)10-13-14(19)6-5-7-15(13)20/h3-10H,2H2,1H3,(H,22,23)/b12-10+. The molecular weight excluding hydrogens is 331 g/mol. The van der Waals surface area contributed by atoms with Crippen LogP contribution in [0.3, 0.4) is 0 Å². The van der Waals surface area contributed by atoms with E-state index in [0.29, 0.717) is 18.0 Å². The molecule has 0 radical (unpaired) electrons. The van der Waals surface area contributed by atoms with Gasteiger partial charge in [0.2, 0.25) is 0 Å². The zero-order chi connectivity index (χ0) is 17.5. The number of halogens is 2. The molecule has 2 rings (SSSR count). The minimum atomic E-state index is -0.677. The summed E-state index contributed by atoms with van der Waals surface area (Å²) in [5, 5.41) is 11.9. The maximum absolute atomic E-state index is 13.8. The Hall–Kier alpha value is -2.84. The largest absolute Gasteiger partial charge is 0.492 e. The Morgan fingerprint density at radius 1 is 1.33 bits per heavy atom. The van der Waals surface area contributed by atoms with Crippen molar-refractivity contribution in [1.29, 1.82) is 5.26 Å². The molecule has 0 heterocycles. The first-order valence-corrected chi connectivity index (χ1v) is 7.53. The number of carbonyl (C=O) groups excluding carboxylic acids is 1. The van der Waals surface area contributed by atoms with Crippen molar-refractivity contribution in [2.24, 2.45) is 0 Å². The number of anilines is 1. The van der Waals surface area contributed by atoms with Gasteiger partial charge in [-0.05, 0) is 37.3 Å². The molecular formula is C18H14ClFN2O2. The van der Waals surface area contributed by atoms with Crippen molar-refractivity contribution in [2.45, 2.75) is 6.92 Å². The van der Waals surface area contributed by atoms with Gasteiger partial charge in [-0.3, -0.25) is 4.79 Å². The Morgan fingerprint density at radius 3 is 2.75 bits per heavy atom. The third-order valence-corrected chi connectivity index (χ3v) is 3.42. The van der Waals surface area contributed by atoms with Crippen molar-refractivity contribution in [2.75, 3.05) is 11.9 Å². The number of para-hydroxylation sites is 2. The number of nitrogens with zero attached hydrogens (tertiary/aromatic N) is 1. The zero-order valence-corrected chi connectivity index (χ0v) is 13.6. The van der Waals surface area contributed by atoms with Gasteiger partial charge in [0.1, 0.15) is 23.2 Å². The van der Waals surface area contributed by atoms with Crippen LogP contribution in [-0.2, 0) is 4.79 Å². The highest BCUT2D eigenvalue weighted by molar-refractivity contribution is 6.32. The van der Waals surface area contributed by atoms with Crippen LogP contribution in [-0.4, -0.2) is 12.5 Å². The summed E-state index contributed by atoms with van der Waals surface area (Å²) in [4.78, 5) is 12.3. The average Bonchev–Trinajstić information content (AvgIpc) is 2.56. The monoisotopic (exact) mass is 344 g/mol. The molecule has 0 unspecified atom stereocenters. The van der Waals surface area contributed by atoms with E-state index in [4.69, 9.17) is 16.3 Å². The van der Waals surface area contributed by atoms with Gasteiger partial charge < -0.3 is 10.1 Å². The van der Waals surface area contributed by atoms with E-state index in [1.54, 1.807) is 30.3 Å². The van der Waals surface area contributed by atoms with Crippen molar-refractivity contribution < 1.29 is 13.9 Å². The molecule has 6 heteroatoms. The molecule has 4 nitrogen and oxygen atoms in total. The topological polar surface area (TPSA) is 62.1 Å². The molecule has 0 atom stereocenters. The van der Waals surface area contributed by atoms with Crippen LogP contribution in [0.25, 0.3) is 6.08 Å². The lowest BCUT2D eigenvalue weighted by molar-refractivity contribution is -0.112. The number of hydrogen-bond donors (Lipinski definition) is 1.